The van der Waals surface area contributed by atoms with Crippen molar-refractivity contribution in [1.82, 2.24) is 20.6 Å². The number of carbonyl (C=O) groups excluding carboxylic acids is 3. The zero-order chi connectivity index (χ0) is 29.5. The van der Waals surface area contributed by atoms with Crippen molar-refractivity contribution in [3.8, 4) is 0 Å². The van der Waals surface area contributed by atoms with E-state index in [1.807, 2.05) is 50.6 Å². The number of methoxy groups -OCH3 is 1. The number of carboxylic acid groups (broad SMARTS) is 1. The van der Waals surface area contributed by atoms with Gasteiger partial charge in [-0.3, -0.25) is 9.59 Å². The van der Waals surface area contributed by atoms with E-state index in [9.17, 15) is 19.2 Å². The minimum absolute atomic E-state index is 0.105. The highest BCUT2D eigenvalue weighted by atomic mass is 32.2. The van der Waals surface area contributed by atoms with Gasteiger partial charge in [0.15, 0.2) is 0 Å². The largest absolute Gasteiger partial charge is 0.477 e. The Morgan fingerprint density at radius 1 is 0.821 bits per heavy atom. The number of thioether (sulfide) groups is 2. The van der Waals surface area contributed by atoms with Gasteiger partial charge < -0.3 is 20.5 Å². The highest BCUT2D eigenvalue weighted by Crippen LogP contribution is 2.20. The molecule has 0 saturated heterocycles. The number of hydrogen-bond donors (Lipinski definition) is 3. The zero-order valence-electron chi connectivity index (χ0n) is 23.1. The summed E-state index contributed by atoms with van der Waals surface area (Å²) in [5.74, 6) is -2.68. The summed E-state index contributed by atoms with van der Waals surface area (Å²) in [6.45, 7) is 7.11. The number of pyridine rings is 2. The van der Waals surface area contributed by atoms with Crippen molar-refractivity contribution in [2.75, 3.05) is 19.6 Å². The van der Waals surface area contributed by atoms with E-state index in [4.69, 9.17) is 5.11 Å². The Balaban J connectivity index is 0.000000391. The quantitative estimate of drug-likeness (QED) is 0.214. The van der Waals surface area contributed by atoms with Crippen LogP contribution in [0.3, 0.4) is 0 Å². The van der Waals surface area contributed by atoms with E-state index in [-0.39, 0.29) is 17.1 Å². The Hall–Kier alpha value is -3.64. The minimum Gasteiger partial charge on any atom is -0.477 e. The van der Waals surface area contributed by atoms with E-state index in [1.165, 1.54) is 42.8 Å². The van der Waals surface area contributed by atoms with Crippen LogP contribution in [-0.4, -0.2) is 58.4 Å². The Morgan fingerprint density at radius 3 is 1.54 bits per heavy atom. The summed E-state index contributed by atoms with van der Waals surface area (Å²) in [6.07, 6.45) is 7.99. The van der Waals surface area contributed by atoms with Gasteiger partial charge in [-0.1, -0.05) is 26.0 Å². The third kappa shape index (κ3) is 9.88. The molecule has 12 heteroatoms. The number of rotatable bonds is 10. The predicted molar refractivity (Wildman–Crippen MR) is 153 cm³/mol. The molecule has 0 spiro atoms. The normalized spacial score (nSPS) is 11.2. The molecule has 0 aliphatic carbocycles. The molecule has 0 unspecified atom stereocenters. The second kappa shape index (κ2) is 17.0. The number of aromatic nitrogens is 2. The van der Waals surface area contributed by atoms with Crippen LogP contribution < -0.4 is 10.6 Å². The Bertz CT molecular complexity index is 1260. The summed E-state index contributed by atoms with van der Waals surface area (Å²) >= 11 is 2.83. The topological polar surface area (TPSA) is 148 Å². The molecule has 2 heterocycles. The summed E-state index contributed by atoms with van der Waals surface area (Å²) in [5.41, 5.74) is 2.15. The fourth-order valence-corrected chi connectivity index (χ4v) is 4.06. The molecule has 2 amide bonds. The number of amides is 2. The third-order valence-electron chi connectivity index (χ3n) is 5.14. The number of allylic oxidation sites excluding steroid dienone is 2. The molecule has 2 rings (SSSR count). The molecule has 0 aliphatic heterocycles. The molecule has 0 saturated carbocycles. The first kappa shape index (κ1) is 33.4. The molecule has 2 aromatic rings. The van der Waals surface area contributed by atoms with Gasteiger partial charge in [-0.05, 0) is 63.5 Å². The van der Waals surface area contributed by atoms with Gasteiger partial charge in [0.2, 0.25) is 0 Å². The third-order valence-corrected chi connectivity index (χ3v) is 6.67. The second-order valence-corrected chi connectivity index (χ2v) is 9.22. The number of aliphatic carboxylic acids is 1. The monoisotopic (exact) mass is 574 g/mol. The lowest BCUT2D eigenvalue weighted by atomic mass is 10.2. The van der Waals surface area contributed by atoms with Gasteiger partial charge in [-0.15, -0.1) is 23.5 Å². The van der Waals surface area contributed by atoms with E-state index < -0.39 is 23.8 Å². The average Bonchev–Trinajstić information content (AvgIpc) is 2.97. The van der Waals surface area contributed by atoms with Crippen molar-refractivity contribution >= 4 is 47.3 Å². The number of carbonyl (C=O) groups is 4. The highest BCUT2D eigenvalue weighted by Gasteiger charge is 2.19. The van der Waals surface area contributed by atoms with Crippen LogP contribution in [0.1, 0.15) is 60.1 Å². The maximum absolute atomic E-state index is 12.2. The van der Waals surface area contributed by atoms with Gasteiger partial charge in [-0.25, -0.2) is 19.6 Å². The molecular formula is C27H34N4O6S2. The van der Waals surface area contributed by atoms with Crippen LogP contribution in [0.4, 0.5) is 0 Å². The van der Waals surface area contributed by atoms with E-state index >= 15 is 0 Å². The van der Waals surface area contributed by atoms with Crippen LogP contribution in [0.25, 0.3) is 0 Å². The molecule has 0 aliphatic rings. The molecule has 210 valence electrons. The van der Waals surface area contributed by atoms with Gasteiger partial charge in [0, 0.05) is 21.2 Å². The van der Waals surface area contributed by atoms with Gasteiger partial charge in [0.1, 0.15) is 22.8 Å². The van der Waals surface area contributed by atoms with Crippen molar-refractivity contribution in [2.45, 2.75) is 50.3 Å². The molecule has 0 radical (unpaired) electrons. The summed E-state index contributed by atoms with van der Waals surface area (Å²) in [5, 5.41) is 13.8. The molecule has 0 aromatic carbocycles. The Morgan fingerprint density at radius 2 is 1.23 bits per heavy atom. The van der Waals surface area contributed by atoms with Gasteiger partial charge in [0.05, 0.1) is 7.11 Å². The molecule has 0 atom stereocenters. The van der Waals surface area contributed by atoms with Crippen LogP contribution >= 0.6 is 23.5 Å². The minimum atomic E-state index is -1.17. The number of esters is 1. The Labute approximate surface area is 237 Å². The van der Waals surface area contributed by atoms with Crippen LogP contribution in [0.5, 0.6) is 0 Å². The smallest absolute Gasteiger partial charge is 0.354 e. The fourth-order valence-electron chi connectivity index (χ4n) is 2.99. The number of hydrogen-bond acceptors (Lipinski definition) is 9. The Kier molecular flexibility index (Phi) is 14.6. The maximum atomic E-state index is 12.2. The van der Waals surface area contributed by atoms with E-state index in [2.05, 4.69) is 25.3 Å². The van der Waals surface area contributed by atoms with Crippen LogP contribution in [-0.2, 0) is 27.2 Å². The molecule has 0 fully saturated rings. The van der Waals surface area contributed by atoms with Crippen LogP contribution in [0.2, 0.25) is 0 Å². The lowest BCUT2D eigenvalue weighted by Gasteiger charge is -2.10. The summed E-state index contributed by atoms with van der Waals surface area (Å²) < 4.78 is 4.59. The van der Waals surface area contributed by atoms with Gasteiger partial charge in [0.25, 0.3) is 11.8 Å². The van der Waals surface area contributed by atoms with E-state index in [1.54, 1.807) is 13.8 Å². The molecule has 2 aromatic heterocycles. The number of ether oxygens (including phenoxy) is 1. The van der Waals surface area contributed by atoms with Crippen LogP contribution in [0.15, 0.2) is 57.6 Å². The predicted octanol–water partition coefficient (Wildman–Crippen LogP) is 4.26. The van der Waals surface area contributed by atoms with Crippen molar-refractivity contribution in [3.05, 3.63) is 70.6 Å². The summed E-state index contributed by atoms with van der Waals surface area (Å²) in [6, 6.07) is 7.43. The molecule has 39 heavy (non-hydrogen) atoms. The number of nitrogens with zero attached hydrogens (tertiary/aromatic N) is 2. The molecule has 0 bridgehead atoms. The van der Waals surface area contributed by atoms with Crippen LogP contribution in [0, 0.1) is 0 Å². The lowest BCUT2D eigenvalue weighted by Crippen LogP contribution is -2.29. The number of aryl methyl sites for hydroxylation is 2. The van der Waals surface area contributed by atoms with Crippen molar-refractivity contribution < 1.29 is 29.0 Å². The van der Waals surface area contributed by atoms with Crippen molar-refractivity contribution in [3.63, 3.8) is 0 Å². The van der Waals surface area contributed by atoms with Gasteiger partial charge in [-0.2, -0.15) is 0 Å². The number of nitrogens with one attached hydrogen (secondary N) is 2. The number of carboxylic acids is 1. The molecular weight excluding hydrogens is 540 g/mol. The first-order valence-electron chi connectivity index (χ1n) is 11.9. The second-order valence-electron chi connectivity index (χ2n) is 7.52. The first-order chi connectivity index (χ1) is 18.6. The average molecular weight is 575 g/mol. The summed E-state index contributed by atoms with van der Waals surface area (Å²) in [4.78, 5) is 56.7. The SMILES string of the molecule is C/C=C(/NC(=O)c1nc(CC)ccc1SC)C(=O)O.C/C=C(/NC(=O)c1nc(CC)ccc1SC)C(=O)OC. The van der Waals surface area contributed by atoms with Crippen molar-refractivity contribution in [1.29, 1.82) is 0 Å². The molecule has 10 nitrogen and oxygen atoms in total. The standard InChI is InChI=1S/C14H18N2O3S.C13H16N2O3S/c1-5-9-7-8-11(20-4)12(15-9)13(17)16-10(6-2)14(18)19-3;1-4-8-6-7-10(19-3)11(14-8)12(16)15-9(5-2)13(17)18/h6-8H,5H2,1-4H3,(H,16,17);5-7H,4H2,1-3H3,(H,15,16)(H,17,18)/b10-6+;9-5+. The highest BCUT2D eigenvalue weighted by molar-refractivity contribution is 7.98. The van der Waals surface area contributed by atoms with Crippen molar-refractivity contribution in [2.24, 2.45) is 0 Å². The fraction of sp³-hybridized carbons (Fsp3) is 0.333. The maximum Gasteiger partial charge on any atom is 0.354 e. The molecule has 3 N–H and O–H groups in total. The van der Waals surface area contributed by atoms with E-state index in [0.29, 0.717) is 12.1 Å². The zero-order valence-corrected chi connectivity index (χ0v) is 24.7. The first-order valence-corrected chi connectivity index (χ1v) is 14.4. The lowest BCUT2D eigenvalue weighted by molar-refractivity contribution is -0.136. The van der Waals surface area contributed by atoms with E-state index in [0.717, 1.165) is 27.6 Å². The summed E-state index contributed by atoms with van der Waals surface area (Å²) in [7, 11) is 1.27. The van der Waals surface area contributed by atoms with Gasteiger partial charge >= 0.3 is 11.9 Å².